The van der Waals surface area contributed by atoms with E-state index in [1.165, 1.54) is 6.42 Å². The summed E-state index contributed by atoms with van der Waals surface area (Å²) in [6.07, 6.45) is 3.85. The van der Waals surface area contributed by atoms with Gasteiger partial charge in [-0.15, -0.1) is 0 Å². The van der Waals surface area contributed by atoms with Crippen LogP contribution in [0.3, 0.4) is 0 Å². The first kappa shape index (κ1) is 23.6. The normalized spacial score (nSPS) is 22.6. The maximum absolute atomic E-state index is 13.6. The summed E-state index contributed by atoms with van der Waals surface area (Å²) in [5, 5.41) is 11.7. The van der Waals surface area contributed by atoms with Crippen LogP contribution in [0.2, 0.25) is 0 Å². The molecule has 178 valence electrons. The van der Waals surface area contributed by atoms with Crippen molar-refractivity contribution in [2.75, 3.05) is 18.5 Å². The number of carbonyl (C=O) groups excluding carboxylic acids is 1. The number of ketones is 1. The number of carbonyl (C=O) groups is 2. The highest BCUT2D eigenvalue weighted by molar-refractivity contribution is 6.11. The fourth-order valence-corrected chi connectivity index (χ4v) is 5.79. The summed E-state index contributed by atoms with van der Waals surface area (Å²) in [7, 11) is 0. The topological polar surface area (TPSA) is 74.6 Å². The number of carboxylic acids is 1. The Morgan fingerprint density at radius 3 is 2.36 bits per heavy atom. The highest BCUT2D eigenvalue weighted by Gasteiger charge is 2.34. The van der Waals surface area contributed by atoms with Crippen LogP contribution in [0.15, 0.2) is 24.3 Å². The number of carboxylic acid groups (broad SMARTS) is 1. The predicted molar refractivity (Wildman–Crippen MR) is 131 cm³/mol. The van der Waals surface area contributed by atoms with Gasteiger partial charge in [0.2, 0.25) is 0 Å². The molecule has 2 heterocycles. The smallest absolute Gasteiger partial charge is 0.323 e. The van der Waals surface area contributed by atoms with Gasteiger partial charge in [-0.25, -0.2) is 5.01 Å². The summed E-state index contributed by atoms with van der Waals surface area (Å²) in [5.41, 5.74) is 8.73. The number of nitrogens with zero attached hydrogens (tertiary/aromatic N) is 2. The van der Waals surface area contributed by atoms with Crippen molar-refractivity contribution in [3.05, 3.63) is 52.3 Å². The number of aromatic nitrogens is 1. The van der Waals surface area contributed by atoms with Gasteiger partial charge in [-0.2, -0.15) is 0 Å². The van der Waals surface area contributed by atoms with Crippen molar-refractivity contribution in [2.45, 2.75) is 66.8 Å². The molecule has 1 aromatic heterocycles. The van der Waals surface area contributed by atoms with Gasteiger partial charge in [0.15, 0.2) is 5.78 Å². The molecular weight excluding hydrogens is 414 g/mol. The zero-order chi connectivity index (χ0) is 23.9. The third kappa shape index (κ3) is 5.01. The lowest BCUT2D eigenvalue weighted by molar-refractivity contribution is -0.137. The highest BCUT2D eigenvalue weighted by Crippen LogP contribution is 2.39. The number of aliphatic carboxylic acids is 1. The summed E-state index contributed by atoms with van der Waals surface area (Å²) in [6, 6.07) is 7.71. The summed E-state index contributed by atoms with van der Waals surface area (Å²) in [4.78, 5) is 25.2. The Morgan fingerprint density at radius 2 is 1.76 bits per heavy atom. The minimum atomic E-state index is -0.878. The molecule has 0 radical (unpaired) electrons. The van der Waals surface area contributed by atoms with E-state index in [2.05, 4.69) is 38.1 Å². The summed E-state index contributed by atoms with van der Waals surface area (Å²) >= 11 is 0. The van der Waals surface area contributed by atoms with E-state index in [0.717, 1.165) is 55.0 Å². The third-order valence-corrected chi connectivity index (χ3v) is 7.26. The largest absolute Gasteiger partial charge is 0.480 e. The van der Waals surface area contributed by atoms with Gasteiger partial charge in [0.25, 0.3) is 0 Å². The molecule has 1 aliphatic heterocycles. The van der Waals surface area contributed by atoms with Crippen LogP contribution in [-0.2, 0) is 24.2 Å². The Morgan fingerprint density at radius 1 is 1.12 bits per heavy atom. The summed E-state index contributed by atoms with van der Waals surface area (Å²) in [6.45, 7) is 12.8. The molecule has 4 rings (SSSR count). The van der Waals surface area contributed by atoms with Crippen LogP contribution in [-0.4, -0.2) is 39.5 Å². The van der Waals surface area contributed by atoms with Gasteiger partial charge in [-0.3, -0.25) is 9.59 Å². The van der Waals surface area contributed by atoms with E-state index in [-0.39, 0.29) is 17.7 Å². The van der Waals surface area contributed by atoms with Crippen molar-refractivity contribution in [3.63, 3.8) is 0 Å². The van der Waals surface area contributed by atoms with Gasteiger partial charge in [0.05, 0.1) is 0 Å². The molecular formula is C27H37N3O3. The number of anilines is 1. The Hall–Kier alpha value is -2.60. The van der Waals surface area contributed by atoms with Crippen molar-refractivity contribution >= 4 is 17.4 Å². The van der Waals surface area contributed by atoms with Gasteiger partial charge in [0.1, 0.15) is 6.54 Å². The second-order valence-electron chi connectivity index (χ2n) is 11.1. The minimum absolute atomic E-state index is 0.0163. The molecule has 2 N–H and O–H groups in total. The Balaban J connectivity index is 1.60. The molecule has 1 fully saturated rings. The van der Waals surface area contributed by atoms with Crippen LogP contribution < -0.4 is 5.43 Å². The molecule has 1 aliphatic carbocycles. The van der Waals surface area contributed by atoms with Gasteiger partial charge < -0.3 is 15.1 Å². The van der Waals surface area contributed by atoms with Crippen molar-refractivity contribution in [1.29, 1.82) is 0 Å². The molecule has 2 atom stereocenters. The molecule has 1 saturated heterocycles. The number of hydrazine groups is 1. The van der Waals surface area contributed by atoms with Crippen molar-refractivity contribution in [3.8, 4) is 0 Å². The van der Waals surface area contributed by atoms with Crippen molar-refractivity contribution in [2.24, 2.45) is 17.3 Å². The number of nitrogens with one attached hydrogen (secondary N) is 1. The number of benzene rings is 1. The lowest BCUT2D eigenvalue weighted by Gasteiger charge is -2.35. The highest BCUT2D eigenvalue weighted by atomic mass is 16.4. The van der Waals surface area contributed by atoms with Gasteiger partial charge in [0, 0.05) is 41.3 Å². The molecule has 2 aliphatic rings. The van der Waals surface area contributed by atoms with Gasteiger partial charge >= 0.3 is 5.97 Å². The SMILES string of the molecule is Cc1c(C(=O)c2ccc(NN3CC(C)CC(C)C3)cc2)c2c(n1CC(=O)O)CCC(C)(C)C2. The lowest BCUT2D eigenvalue weighted by atomic mass is 9.75. The number of hydrogen-bond acceptors (Lipinski definition) is 4. The summed E-state index contributed by atoms with van der Waals surface area (Å²) < 4.78 is 1.84. The first-order valence-corrected chi connectivity index (χ1v) is 12.1. The quantitative estimate of drug-likeness (QED) is 0.609. The third-order valence-electron chi connectivity index (χ3n) is 7.26. The predicted octanol–water partition coefficient (Wildman–Crippen LogP) is 4.93. The average Bonchev–Trinajstić information content (AvgIpc) is 2.96. The van der Waals surface area contributed by atoms with Crippen LogP contribution >= 0.6 is 0 Å². The van der Waals surface area contributed by atoms with Crippen molar-refractivity contribution < 1.29 is 14.7 Å². The van der Waals surface area contributed by atoms with Crippen LogP contribution in [0, 0.1) is 24.2 Å². The Bertz CT molecular complexity index is 1040. The maximum Gasteiger partial charge on any atom is 0.323 e. The number of rotatable bonds is 6. The molecule has 0 amide bonds. The van der Waals surface area contributed by atoms with E-state index in [1.807, 2.05) is 35.8 Å². The van der Waals surface area contributed by atoms with E-state index in [0.29, 0.717) is 23.0 Å². The summed E-state index contributed by atoms with van der Waals surface area (Å²) in [5.74, 6) is 0.430. The fourth-order valence-electron chi connectivity index (χ4n) is 5.79. The van der Waals surface area contributed by atoms with E-state index in [9.17, 15) is 14.7 Å². The fraction of sp³-hybridized carbons (Fsp3) is 0.556. The van der Waals surface area contributed by atoms with E-state index in [1.54, 1.807) is 0 Å². The molecule has 0 bridgehead atoms. The zero-order valence-corrected chi connectivity index (χ0v) is 20.6. The number of fused-ring (bicyclic) bond motifs is 1. The van der Waals surface area contributed by atoms with Crippen LogP contribution in [0.25, 0.3) is 0 Å². The molecule has 0 saturated carbocycles. The van der Waals surface area contributed by atoms with E-state index in [4.69, 9.17) is 0 Å². The van der Waals surface area contributed by atoms with E-state index < -0.39 is 5.97 Å². The molecule has 1 aromatic carbocycles. The number of hydrogen-bond donors (Lipinski definition) is 2. The molecule has 2 unspecified atom stereocenters. The molecule has 2 aromatic rings. The first-order chi connectivity index (χ1) is 15.5. The Kier molecular flexibility index (Phi) is 6.41. The first-order valence-electron chi connectivity index (χ1n) is 12.1. The minimum Gasteiger partial charge on any atom is -0.480 e. The molecule has 6 nitrogen and oxygen atoms in total. The second kappa shape index (κ2) is 8.98. The van der Waals surface area contributed by atoms with Crippen LogP contribution in [0.4, 0.5) is 5.69 Å². The van der Waals surface area contributed by atoms with Crippen molar-refractivity contribution in [1.82, 2.24) is 9.58 Å². The Labute approximate surface area is 196 Å². The van der Waals surface area contributed by atoms with Gasteiger partial charge in [-0.1, -0.05) is 27.7 Å². The molecule has 6 heteroatoms. The standard InChI is InChI=1S/C27H37N3O3/c1-17-12-18(2)15-29(14-17)28-21-8-6-20(7-9-21)26(33)25-19(3)30(16-24(31)32)23-10-11-27(4,5)13-22(23)25/h6-9,17-18,28H,10-16H2,1-5H3,(H,31,32). The zero-order valence-electron chi connectivity index (χ0n) is 20.6. The lowest BCUT2D eigenvalue weighted by Crippen LogP contribution is -2.42. The van der Waals surface area contributed by atoms with Crippen LogP contribution in [0.1, 0.15) is 73.4 Å². The van der Waals surface area contributed by atoms with Gasteiger partial charge in [-0.05, 0) is 79.7 Å². The average molecular weight is 452 g/mol. The van der Waals surface area contributed by atoms with Crippen LogP contribution in [0.5, 0.6) is 0 Å². The molecule has 0 spiro atoms. The monoisotopic (exact) mass is 451 g/mol. The maximum atomic E-state index is 13.6. The number of piperidine rings is 1. The van der Waals surface area contributed by atoms with E-state index >= 15 is 0 Å². The second-order valence-corrected chi connectivity index (χ2v) is 11.1. The molecule has 33 heavy (non-hydrogen) atoms.